The monoisotopic (exact) mass is 285 g/mol. The quantitative estimate of drug-likeness (QED) is 0.808. The van der Waals surface area contributed by atoms with Crippen LogP contribution < -0.4 is 0 Å². The lowest BCUT2D eigenvalue weighted by Crippen LogP contribution is -2.32. The normalized spacial score (nSPS) is 13.5. The number of fused-ring (bicyclic) bond motifs is 1. The average Bonchev–Trinajstić information content (AvgIpc) is 3.07. The number of carbonyl (C=O) groups is 3. The number of hydrogen-bond donors (Lipinski definition) is 0. The molecule has 2 heterocycles. The number of amides is 2. The lowest BCUT2D eigenvalue weighted by Gasteiger charge is -2.11. The van der Waals surface area contributed by atoms with Gasteiger partial charge in [0.25, 0.3) is 11.8 Å². The van der Waals surface area contributed by atoms with Gasteiger partial charge in [0, 0.05) is 6.42 Å². The Kier molecular flexibility index (Phi) is 3.06. The van der Waals surface area contributed by atoms with Crippen LogP contribution in [-0.2, 0) is 11.3 Å². The van der Waals surface area contributed by atoms with Gasteiger partial charge < -0.3 is 9.25 Å². The van der Waals surface area contributed by atoms with Gasteiger partial charge in [-0.15, -0.1) is 0 Å². The fourth-order valence-electron chi connectivity index (χ4n) is 2.06. The summed E-state index contributed by atoms with van der Waals surface area (Å²) in [6, 6.07) is 9.36. The SMILES string of the molecule is CCc1ccc(C(=O)ON2C(=O)c3ccccc3C2=O)o1. The van der Waals surface area contributed by atoms with E-state index >= 15 is 0 Å². The molecule has 0 N–H and O–H groups in total. The fourth-order valence-corrected chi connectivity index (χ4v) is 2.06. The summed E-state index contributed by atoms with van der Waals surface area (Å²) in [5, 5.41) is 0.459. The van der Waals surface area contributed by atoms with Gasteiger partial charge in [-0.3, -0.25) is 9.59 Å². The van der Waals surface area contributed by atoms with Crippen LogP contribution in [-0.4, -0.2) is 22.8 Å². The molecular weight excluding hydrogens is 274 g/mol. The molecular formula is C15H11NO5. The first-order valence-corrected chi connectivity index (χ1v) is 6.40. The summed E-state index contributed by atoms with van der Waals surface area (Å²) >= 11 is 0. The van der Waals surface area contributed by atoms with Crippen molar-refractivity contribution < 1.29 is 23.6 Å². The van der Waals surface area contributed by atoms with Crippen molar-refractivity contribution in [2.24, 2.45) is 0 Å². The van der Waals surface area contributed by atoms with Crippen LogP contribution in [0.5, 0.6) is 0 Å². The Balaban J connectivity index is 1.82. The second-order valence-corrected chi connectivity index (χ2v) is 4.45. The van der Waals surface area contributed by atoms with Crippen LogP contribution >= 0.6 is 0 Å². The van der Waals surface area contributed by atoms with Crippen molar-refractivity contribution in [2.75, 3.05) is 0 Å². The molecule has 0 bridgehead atoms. The Morgan fingerprint density at radius 2 is 1.71 bits per heavy atom. The van der Waals surface area contributed by atoms with Crippen LogP contribution in [0, 0.1) is 0 Å². The average molecular weight is 285 g/mol. The van der Waals surface area contributed by atoms with Gasteiger partial charge in [-0.1, -0.05) is 24.1 Å². The molecule has 1 aliphatic heterocycles. The molecule has 0 saturated heterocycles. The predicted octanol–water partition coefficient (Wildman–Crippen LogP) is 2.21. The summed E-state index contributed by atoms with van der Waals surface area (Å²) in [5.41, 5.74) is 0.424. The number of carbonyl (C=O) groups excluding carboxylic acids is 3. The molecule has 3 rings (SSSR count). The van der Waals surface area contributed by atoms with Crippen LogP contribution in [0.25, 0.3) is 0 Å². The van der Waals surface area contributed by atoms with Crippen LogP contribution in [0.1, 0.15) is 44.0 Å². The molecule has 0 spiro atoms. The molecule has 1 aliphatic rings. The number of benzene rings is 1. The van der Waals surface area contributed by atoms with Crippen molar-refractivity contribution in [2.45, 2.75) is 13.3 Å². The first-order chi connectivity index (χ1) is 10.1. The Hall–Kier alpha value is -2.89. The highest BCUT2D eigenvalue weighted by atomic mass is 16.7. The molecule has 1 aromatic carbocycles. The Morgan fingerprint density at radius 3 is 2.24 bits per heavy atom. The van der Waals surface area contributed by atoms with Gasteiger partial charge >= 0.3 is 5.97 Å². The molecule has 2 amide bonds. The number of furan rings is 1. The molecule has 106 valence electrons. The van der Waals surface area contributed by atoms with Crippen molar-refractivity contribution in [1.29, 1.82) is 0 Å². The van der Waals surface area contributed by atoms with Gasteiger partial charge in [-0.2, -0.15) is 0 Å². The first-order valence-electron chi connectivity index (χ1n) is 6.40. The molecule has 0 radical (unpaired) electrons. The first kappa shape index (κ1) is 13.1. The van der Waals surface area contributed by atoms with E-state index in [0.717, 1.165) is 0 Å². The summed E-state index contributed by atoms with van der Waals surface area (Å²) < 4.78 is 5.23. The van der Waals surface area contributed by atoms with Gasteiger partial charge in [0.1, 0.15) is 5.76 Å². The van der Waals surface area contributed by atoms with Gasteiger partial charge in [-0.25, -0.2) is 4.79 Å². The van der Waals surface area contributed by atoms with E-state index in [1.165, 1.54) is 18.2 Å². The summed E-state index contributed by atoms with van der Waals surface area (Å²) in [7, 11) is 0. The Labute approximate surface area is 119 Å². The maximum atomic E-state index is 12.0. The van der Waals surface area contributed by atoms with E-state index in [4.69, 9.17) is 9.25 Å². The minimum atomic E-state index is -0.885. The minimum Gasteiger partial charge on any atom is -0.454 e. The Morgan fingerprint density at radius 1 is 1.10 bits per heavy atom. The van der Waals surface area contributed by atoms with E-state index in [9.17, 15) is 14.4 Å². The van der Waals surface area contributed by atoms with Crippen LogP contribution in [0.3, 0.4) is 0 Å². The van der Waals surface area contributed by atoms with E-state index in [0.29, 0.717) is 17.2 Å². The molecule has 0 fully saturated rings. The number of imide groups is 1. The third-order valence-electron chi connectivity index (χ3n) is 3.14. The van der Waals surface area contributed by atoms with Crippen molar-refractivity contribution in [3.63, 3.8) is 0 Å². The highest BCUT2D eigenvalue weighted by Gasteiger charge is 2.39. The van der Waals surface area contributed by atoms with Crippen LogP contribution in [0.2, 0.25) is 0 Å². The predicted molar refractivity (Wildman–Crippen MR) is 70.4 cm³/mol. The summed E-state index contributed by atoms with van der Waals surface area (Å²) in [6.45, 7) is 1.87. The van der Waals surface area contributed by atoms with Gasteiger partial charge in [-0.05, 0) is 24.3 Å². The van der Waals surface area contributed by atoms with E-state index < -0.39 is 17.8 Å². The number of hydrogen-bond acceptors (Lipinski definition) is 5. The van der Waals surface area contributed by atoms with E-state index in [1.54, 1.807) is 18.2 Å². The van der Waals surface area contributed by atoms with E-state index in [2.05, 4.69) is 0 Å². The van der Waals surface area contributed by atoms with E-state index in [1.807, 2.05) is 6.92 Å². The standard InChI is InChI=1S/C15H11NO5/c1-2-9-7-8-12(20-9)15(19)21-16-13(17)10-5-3-4-6-11(10)14(16)18/h3-8H,2H2,1H3. The van der Waals surface area contributed by atoms with Crippen LogP contribution in [0.15, 0.2) is 40.8 Å². The smallest absolute Gasteiger partial charge is 0.399 e. The Bertz CT molecular complexity index is 711. The number of hydroxylamine groups is 2. The summed E-state index contributed by atoms with van der Waals surface area (Å²) in [5.74, 6) is -1.64. The molecule has 21 heavy (non-hydrogen) atoms. The maximum absolute atomic E-state index is 12.0. The number of nitrogens with zero attached hydrogens (tertiary/aromatic N) is 1. The van der Waals surface area contributed by atoms with Crippen molar-refractivity contribution >= 4 is 17.8 Å². The number of aryl methyl sites for hydroxylation is 1. The van der Waals surface area contributed by atoms with Gasteiger partial charge in [0.15, 0.2) is 0 Å². The second-order valence-electron chi connectivity index (χ2n) is 4.45. The second kappa shape index (κ2) is 4.90. The number of rotatable bonds is 3. The summed E-state index contributed by atoms with van der Waals surface area (Å²) in [6.07, 6.45) is 0.625. The molecule has 6 nitrogen and oxygen atoms in total. The highest BCUT2D eigenvalue weighted by Crippen LogP contribution is 2.23. The van der Waals surface area contributed by atoms with Gasteiger partial charge in [0.05, 0.1) is 11.1 Å². The summed E-state index contributed by atoms with van der Waals surface area (Å²) in [4.78, 5) is 40.8. The fraction of sp³-hybridized carbons (Fsp3) is 0.133. The molecule has 0 unspecified atom stereocenters. The molecule has 0 atom stereocenters. The topological polar surface area (TPSA) is 76.8 Å². The molecule has 2 aromatic rings. The van der Waals surface area contributed by atoms with Crippen molar-refractivity contribution in [3.05, 3.63) is 59.0 Å². The third-order valence-corrected chi connectivity index (χ3v) is 3.14. The maximum Gasteiger partial charge on any atom is 0.399 e. The van der Waals surface area contributed by atoms with E-state index in [-0.39, 0.29) is 16.9 Å². The molecule has 0 saturated carbocycles. The largest absolute Gasteiger partial charge is 0.454 e. The van der Waals surface area contributed by atoms with Gasteiger partial charge in [0.2, 0.25) is 5.76 Å². The molecule has 1 aromatic heterocycles. The van der Waals surface area contributed by atoms with Crippen molar-refractivity contribution in [3.8, 4) is 0 Å². The molecule has 6 heteroatoms. The zero-order chi connectivity index (χ0) is 15.0. The zero-order valence-electron chi connectivity index (χ0n) is 11.2. The molecule has 0 aliphatic carbocycles. The lowest BCUT2D eigenvalue weighted by atomic mass is 10.1. The van der Waals surface area contributed by atoms with Crippen LogP contribution in [0.4, 0.5) is 0 Å². The lowest BCUT2D eigenvalue weighted by molar-refractivity contribution is -0.0603. The van der Waals surface area contributed by atoms with Crippen molar-refractivity contribution in [1.82, 2.24) is 5.06 Å². The highest BCUT2D eigenvalue weighted by molar-refractivity contribution is 6.21. The third kappa shape index (κ3) is 2.10. The zero-order valence-corrected chi connectivity index (χ0v) is 11.2. The minimum absolute atomic E-state index is 0.0524.